The largest absolute Gasteiger partial charge is 0.520 e. The Balaban J connectivity index is 0.000000720. The molecular formula is C8H13N2OY-. The van der Waals surface area contributed by atoms with E-state index in [9.17, 15) is 4.79 Å². The van der Waals surface area contributed by atoms with Crippen molar-refractivity contribution in [1.82, 2.24) is 10.2 Å². The minimum absolute atomic E-state index is 0. The molecule has 0 aromatic heterocycles. The summed E-state index contributed by atoms with van der Waals surface area (Å²) in [5.74, 6) is 0. The normalized spacial score (nSPS) is 33.8. The maximum atomic E-state index is 10.3. The second-order valence-corrected chi connectivity index (χ2v) is 3.69. The Morgan fingerprint density at radius 3 is 2.75 bits per heavy atom. The fourth-order valence-electron chi connectivity index (χ4n) is 2.16. The molecule has 1 radical (unpaired) electrons. The molecule has 12 heavy (non-hydrogen) atoms. The number of nitrogens with one attached hydrogen (secondary N) is 1. The summed E-state index contributed by atoms with van der Waals surface area (Å²) < 4.78 is 0. The number of amides is 1. The van der Waals surface area contributed by atoms with Crippen LogP contribution in [0.4, 0.5) is 0 Å². The van der Waals surface area contributed by atoms with Crippen LogP contribution in [0.25, 0.3) is 0 Å². The Labute approximate surface area is 98.1 Å². The van der Waals surface area contributed by atoms with Crippen LogP contribution in [0.3, 0.4) is 0 Å². The molecule has 0 bridgehead atoms. The topological polar surface area (TPSA) is 32.3 Å². The molecule has 4 heteroatoms. The molecule has 0 aliphatic carbocycles. The molecule has 2 heterocycles. The van der Waals surface area contributed by atoms with Crippen LogP contribution in [-0.4, -0.2) is 37.5 Å². The molecule has 1 N–H and O–H groups in total. The smallest absolute Gasteiger partial charge is 0.00249 e. The number of likely N-dealkylation sites (tertiary alicyclic amines) is 1. The quantitative estimate of drug-likeness (QED) is 0.642. The molecule has 2 saturated heterocycles. The third kappa shape index (κ3) is 1.89. The molecule has 0 aromatic rings. The van der Waals surface area contributed by atoms with E-state index in [1.165, 1.54) is 6.42 Å². The standard InChI is InChI=1S/C8H13N2O.Y/c11-7-10-4-2-8(6-10)1-3-9-5-8;/h9H,1-6H2;/q-1;. The Morgan fingerprint density at radius 1 is 1.42 bits per heavy atom. The van der Waals surface area contributed by atoms with E-state index in [0.29, 0.717) is 5.41 Å². The van der Waals surface area contributed by atoms with Crippen molar-refractivity contribution in [1.29, 1.82) is 0 Å². The summed E-state index contributed by atoms with van der Waals surface area (Å²) in [4.78, 5) is 12.1. The van der Waals surface area contributed by atoms with Crippen LogP contribution in [0.2, 0.25) is 0 Å². The van der Waals surface area contributed by atoms with Gasteiger partial charge in [-0.2, -0.15) is 6.41 Å². The van der Waals surface area contributed by atoms with Gasteiger partial charge in [-0.25, -0.2) is 0 Å². The van der Waals surface area contributed by atoms with Crippen molar-refractivity contribution in [2.45, 2.75) is 12.8 Å². The number of rotatable bonds is 1. The summed E-state index contributed by atoms with van der Waals surface area (Å²) in [7, 11) is 0. The number of hydrogen-bond donors (Lipinski definition) is 1. The zero-order valence-electron chi connectivity index (χ0n) is 7.18. The van der Waals surface area contributed by atoms with Gasteiger partial charge in [0.15, 0.2) is 0 Å². The molecule has 1 amide bonds. The molecule has 2 rings (SSSR count). The summed E-state index contributed by atoms with van der Waals surface area (Å²) >= 11 is 0. The monoisotopic (exact) mass is 242 g/mol. The first kappa shape index (κ1) is 10.6. The van der Waals surface area contributed by atoms with Crippen molar-refractivity contribution in [3.63, 3.8) is 0 Å². The molecule has 3 nitrogen and oxygen atoms in total. The van der Waals surface area contributed by atoms with Gasteiger partial charge in [-0.15, -0.1) is 0 Å². The predicted molar refractivity (Wildman–Crippen MR) is 41.8 cm³/mol. The molecule has 1 unspecified atom stereocenters. The first-order valence-corrected chi connectivity index (χ1v) is 4.18. The summed E-state index contributed by atoms with van der Waals surface area (Å²) in [6, 6.07) is 0. The van der Waals surface area contributed by atoms with Gasteiger partial charge < -0.3 is 15.0 Å². The molecule has 1 spiro atoms. The summed E-state index contributed by atoms with van der Waals surface area (Å²) in [6.07, 6.45) is 4.36. The molecule has 2 aliphatic rings. The van der Waals surface area contributed by atoms with E-state index in [-0.39, 0.29) is 32.7 Å². The predicted octanol–water partition coefficient (Wildman–Crippen LogP) is -0.264. The average Bonchev–Trinajstić information content (AvgIpc) is 2.62. The second-order valence-electron chi connectivity index (χ2n) is 3.69. The summed E-state index contributed by atoms with van der Waals surface area (Å²) in [5, 5.41) is 3.34. The van der Waals surface area contributed by atoms with Gasteiger partial charge in [-0.3, -0.25) is 0 Å². The average molecular weight is 242 g/mol. The second kappa shape index (κ2) is 4.16. The summed E-state index contributed by atoms with van der Waals surface area (Å²) in [5.41, 5.74) is 0.414. The van der Waals surface area contributed by atoms with Crippen LogP contribution in [0.1, 0.15) is 12.8 Å². The zero-order chi connectivity index (χ0) is 7.73. The Kier molecular flexibility index (Phi) is 3.68. The maximum Gasteiger partial charge on any atom is 0.00249 e. The van der Waals surface area contributed by atoms with Crippen molar-refractivity contribution >= 4 is 6.41 Å². The molecule has 1 atom stereocenters. The van der Waals surface area contributed by atoms with Gasteiger partial charge in [-0.05, 0) is 32.5 Å². The van der Waals surface area contributed by atoms with Crippen LogP contribution in [-0.2, 0) is 37.5 Å². The van der Waals surface area contributed by atoms with Crippen molar-refractivity contribution in [3.8, 4) is 0 Å². The van der Waals surface area contributed by atoms with Crippen molar-refractivity contribution in [2.24, 2.45) is 5.41 Å². The fraction of sp³-hybridized carbons (Fsp3) is 0.875. The molecule has 0 saturated carbocycles. The van der Waals surface area contributed by atoms with Gasteiger partial charge >= 0.3 is 0 Å². The SMILES string of the molecule is O=[C-]N1CCC2(CCNC2)C1.[Y]. The van der Waals surface area contributed by atoms with Gasteiger partial charge in [0.2, 0.25) is 0 Å². The van der Waals surface area contributed by atoms with Crippen LogP contribution in [0.5, 0.6) is 0 Å². The maximum absolute atomic E-state index is 10.3. The van der Waals surface area contributed by atoms with E-state index in [1.54, 1.807) is 4.90 Å². The first-order chi connectivity index (χ1) is 5.35. The zero-order valence-corrected chi connectivity index (χ0v) is 10.0. The van der Waals surface area contributed by atoms with E-state index in [4.69, 9.17) is 0 Å². The Hall–Kier alpha value is 0.534. The van der Waals surface area contributed by atoms with Crippen LogP contribution < -0.4 is 5.32 Å². The molecule has 65 valence electrons. The van der Waals surface area contributed by atoms with E-state index >= 15 is 0 Å². The number of hydrogen-bond acceptors (Lipinski definition) is 2. The molecular weight excluding hydrogens is 229 g/mol. The minimum atomic E-state index is 0. The number of carbonyl (C=O) groups excluding carboxylic acids is 1. The molecule has 0 aromatic carbocycles. The van der Waals surface area contributed by atoms with E-state index in [1.807, 2.05) is 6.41 Å². The van der Waals surface area contributed by atoms with Crippen molar-refractivity contribution < 1.29 is 37.5 Å². The third-order valence-electron chi connectivity index (χ3n) is 2.90. The molecule has 2 fully saturated rings. The Bertz CT molecular complexity index is 168. The number of nitrogens with zero attached hydrogens (tertiary/aromatic N) is 1. The van der Waals surface area contributed by atoms with Crippen molar-refractivity contribution in [3.05, 3.63) is 0 Å². The third-order valence-corrected chi connectivity index (χ3v) is 2.90. The van der Waals surface area contributed by atoms with Gasteiger partial charge in [0.05, 0.1) is 0 Å². The fourth-order valence-corrected chi connectivity index (χ4v) is 2.16. The van der Waals surface area contributed by atoms with Crippen LogP contribution in [0.15, 0.2) is 0 Å². The molecule has 2 aliphatic heterocycles. The summed E-state index contributed by atoms with van der Waals surface area (Å²) in [6.45, 7) is 4.03. The van der Waals surface area contributed by atoms with E-state index < -0.39 is 0 Å². The van der Waals surface area contributed by atoms with Crippen LogP contribution >= 0.6 is 0 Å². The van der Waals surface area contributed by atoms with Crippen molar-refractivity contribution in [2.75, 3.05) is 26.2 Å². The Morgan fingerprint density at radius 2 is 2.25 bits per heavy atom. The van der Waals surface area contributed by atoms with Gasteiger partial charge in [-0.1, -0.05) is 0 Å². The van der Waals surface area contributed by atoms with E-state index in [0.717, 1.165) is 32.6 Å². The first-order valence-electron chi connectivity index (χ1n) is 4.18. The van der Waals surface area contributed by atoms with Gasteiger partial charge in [0.1, 0.15) is 0 Å². The van der Waals surface area contributed by atoms with Gasteiger partial charge in [0.25, 0.3) is 0 Å². The van der Waals surface area contributed by atoms with Gasteiger partial charge in [0, 0.05) is 44.7 Å². The van der Waals surface area contributed by atoms with Crippen LogP contribution in [0, 0.1) is 5.41 Å². The van der Waals surface area contributed by atoms with E-state index in [2.05, 4.69) is 5.32 Å². The minimum Gasteiger partial charge on any atom is -0.520 e.